The minimum absolute atomic E-state index is 0.0294. The average molecular weight is 482 g/mol. The molecule has 2 aliphatic heterocycles. The Kier molecular flexibility index (Phi) is 8.17. The second-order valence-electron chi connectivity index (χ2n) is 9.20. The lowest BCUT2D eigenvalue weighted by atomic mass is 10.1. The van der Waals surface area contributed by atoms with E-state index in [1.54, 1.807) is 20.5 Å². The number of fused-ring (bicyclic) bond motifs is 1. The molecule has 2 aliphatic rings. The van der Waals surface area contributed by atoms with Crippen LogP contribution >= 0.6 is 0 Å². The van der Waals surface area contributed by atoms with Crippen LogP contribution in [0.2, 0.25) is 0 Å². The minimum Gasteiger partial charge on any atom is -0.378 e. The topological polar surface area (TPSA) is 88.0 Å². The van der Waals surface area contributed by atoms with Crippen molar-refractivity contribution in [2.24, 2.45) is 0 Å². The van der Waals surface area contributed by atoms with E-state index in [0.717, 1.165) is 18.4 Å². The molecule has 0 aliphatic carbocycles. The summed E-state index contributed by atoms with van der Waals surface area (Å²) in [5.74, 6) is -0.325. The van der Waals surface area contributed by atoms with Gasteiger partial charge in [0.1, 0.15) is 5.69 Å². The van der Waals surface area contributed by atoms with Crippen molar-refractivity contribution in [3.05, 3.63) is 53.3 Å². The summed E-state index contributed by atoms with van der Waals surface area (Å²) in [6.45, 7) is 8.34. The first kappa shape index (κ1) is 24.9. The summed E-state index contributed by atoms with van der Waals surface area (Å²) in [7, 11) is 0. The van der Waals surface area contributed by atoms with Crippen LogP contribution in [-0.4, -0.2) is 87.6 Å². The van der Waals surface area contributed by atoms with Gasteiger partial charge in [0.05, 0.1) is 13.2 Å². The van der Waals surface area contributed by atoms with Crippen molar-refractivity contribution >= 4 is 17.7 Å². The predicted molar refractivity (Wildman–Crippen MR) is 131 cm³/mol. The largest absolute Gasteiger partial charge is 0.378 e. The summed E-state index contributed by atoms with van der Waals surface area (Å²) >= 11 is 0. The van der Waals surface area contributed by atoms with Crippen molar-refractivity contribution in [1.82, 2.24) is 24.5 Å². The van der Waals surface area contributed by atoms with Gasteiger partial charge in [-0.1, -0.05) is 37.3 Å². The summed E-state index contributed by atoms with van der Waals surface area (Å²) in [6.07, 6.45) is 1.78. The Morgan fingerprint density at radius 2 is 1.86 bits per heavy atom. The number of carbonyl (C=O) groups excluding carboxylic acids is 3. The molecule has 0 radical (unpaired) electrons. The van der Waals surface area contributed by atoms with Crippen molar-refractivity contribution in [1.29, 1.82) is 0 Å². The highest BCUT2D eigenvalue weighted by Crippen LogP contribution is 2.19. The molecule has 9 heteroatoms. The summed E-state index contributed by atoms with van der Waals surface area (Å²) < 4.78 is 6.99. The van der Waals surface area contributed by atoms with Gasteiger partial charge in [-0.05, 0) is 25.3 Å². The molecule has 1 aromatic heterocycles. The lowest BCUT2D eigenvalue weighted by molar-refractivity contribution is -0.135. The van der Waals surface area contributed by atoms with Crippen molar-refractivity contribution in [3.63, 3.8) is 0 Å². The molecule has 0 saturated carbocycles. The maximum Gasteiger partial charge on any atom is 0.274 e. The first-order chi connectivity index (χ1) is 17.0. The van der Waals surface area contributed by atoms with Gasteiger partial charge in [-0.15, -0.1) is 0 Å². The molecule has 2 aromatic rings. The Labute approximate surface area is 206 Å². The third-order valence-corrected chi connectivity index (χ3v) is 6.83. The standard InChI is InChI=1S/C26H35N5O4/c1-3-20(2)30(13-10-24(32)28-14-16-35-17-15-28)25(33)22-18-23-26(34)29(11-7-12-31(23)27-22)19-21-8-5-4-6-9-21/h4-6,8-9,18,20H,3,7,10-17,19H2,1-2H3. The van der Waals surface area contributed by atoms with Crippen LogP contribution in [0.4, 0.5) is 0 Å². The number of hydrogen-bond acceptors (Lipinski definition) is 5. The summed E-state index contributed by atoms with van der Waals surface area (Å²) in [5, 5.41) is 4.52. The fourth-order valence-corrected chi connectivity index (χ4v) is 4.57. The van der Waals surface area contributed by atoms with Crippen LogP contribution in [0.5, 0.6) is 0 Å². The van der Waals surface area contributed by atoms with Crippen LogP contribution in [0, 0.1) is 0 Å². The zero-order chi connectivity index (χ0) is 24.8. The Morgan fingerprint density at radius 3 is 2.57 bits per heavy atom. The molecule has 3 amide bonds. The van der Waals surface area contributed by atoms with E-state index in [9.17, 15) is 14.4 Å². The number of benzene rings is 1. The quantitative estimate of drug-likeness (QED) is 0.578. The zero-order valence-corrected chi connectivity index (χ0v) is 20.7. The van der Waals surface area contributed by atoms with Crippen LogP contribution in [0.3, 0.4) is 0 Å². The molecule has 3 heterocycles. The van der Waals surface area contributed by atoms with Crippen molar-refractivity contribution in [2.45, 2.75) is 52.2 Å². The van der Waals surface area contributed by atoms with Crippen LogP contribution in [0.15, 0.2) is 36.4 Å². The predicted octanol–water partition coefficient (Wildman–Crippen LogP) is 2.42. The van der Waals surface area contributed by atoms with Gasteiger partial charge in [0.15, 0.2) is 5.69 Å². The van der Waals surface area contributed by atoms with Crippen molar-refractivity contribution in [2.75, 3.05) is 39.4 Å². The molecule has 0 spiro atoms. The van der Waals surface area contributed by atoms with Crippen molar-refractivity contribution in [3.8, 4) is 0 Å². The number of ether oxygens (including phenoxy) is 1. The first-order valence-corrected chi connectivity index (χ1v) is 12.6. The molecule has 9 nitrogen and oxygen atoms in total. The van der Waals surface area contributed by atoms with Crippen LogP contribution in [-0.2, 0) is 22.6 Å². The molecule has 1 unspecified atom stereocenters. The maximum atomic E-state index is 13.5. The lowest BCUT2D eigenvalue weighted by Gasteiger charge is -2.30. The Hall–Kier alpha value is -3.20. The Bertz CT molecular complexity index is 1030. The minimum atomic E-state index is -0.239. The summed E-state index contributed by atoms with van der Waals surface area (Å²) in [4.78, 5) is 44.8. The third-order valence-electron chi connectivity index (χ3n) is 6.83. The fourth-order valence-electron chi connectivity index (χ4n) is 4.57. The van der Waals surface area contributed by atoms with Gasteiger partial charge >= 0.3 is 0 Å². The summed E-state index contributed by atoms with van der Waals surface area (Å²) in [6, 6.07) is 11.5. The van der Waals surface area contributed by atoms with Gasteiger partial charge in [-0.2, -0.15) is 5.10 Å². The Balaban J connectivity index is 1.47. The van der Waals surface area contributed by atoms with Gasteiger partial charge in [0.2, 0.25) is 5.91 Å². The van der Waals surface area contributed by atoms with E-state index < -0.39 is 0 Å². The first-order valence-electron chi connectivity index (χ1n) is 12.6. The highest BCUT2D eigenvalue weighted by molar-refractivity contribution is 5.98. The van der Waals surface area contributed by atoms with Gasteiger partial charge in [0, 0.05) is 57.8 Å². The molecular formula is C26H35N5O4. The Morgan fingerprint density at radius 1 is 1.11 bits per heavy atom. The monoisotopic (exact) mass is 481 g/mol. The van der Waals surface area contributed by atoms with E-state index >= 15 is 0 Å². The van der Waals surface area contributed by atoms with E-state index in [2.05, 4.69) is 5.10 Å². The number of nitrogens with zero attached hydrogens (tertiary/aromatic N) is 5. The lowest BCUT2D eigenvalue weighted by Crippen LogP contribution is -2.44. The highest BCUT2D eigenvalue weighted by Gasteiger charge is 2.30. The number of morpholine rings is 1. The smallest absolute Gasteiger partial charge is 0.274 e. The molecule has 0 N–H and O–H groups in total. The molecule has 1 saturated heterocycles. The molecule has 0 bridgehead atoms. The van der Waals surface area contributed by atoms with E-state index in [-0.39, 0.29) is 35.9 Å². The molecule has 1 atom stereocenters. The van der Waals surface area contributed by atoms with E-state index in [4.69, 9.17) is 4.74 Å². The van der Waals surface area contributed by atoms with Crippen molar-refractivity contribution < 1.29 is 19.1 Å². The zero-order valence-electron chi connectivity index (χ0n) is 20.7. The SMILES string of the molecule is CCC(C)N(CCC(=O)N1CCOCC1)C(=O)c1cc2n(n1)CCCN(Cc1ccccc1)C2=O. The van der Waals surface area contributed by atoms with Crippen LogP contribution in [0.25, 0.3) is 0 Å². The number of aryl methyl sites for hydroxylation is 1. The van der Waals surface area contributed by atoms with E-state index in [1.807, 2.05) is 49.1 Å². The molecule has 1 fully saturated rings. The fraction of sp³-hybridized carbons (Fsp3) is 0.538. The normalized spacial score (nSPS) is 17.0. The molecule has 35 heavy (non-hydrogen) atoms. The number of aromatic nitrogens is 2. The number of carbonyl (C=O) groups is 3. The second-order valence-corrected chi connectivity index (χ2v) is 9.20. The van der Waals surface area contributed by atoms with Gasteiger partial charge in [-0.25, -0.2) is 0 Å². The molecular weight excluding hydrogens is 446 g/mol. The molecule has 1 aromatic carbocycles. The molecule has 188 valence electrons. The maximum absolute atomic E-state index is 13.5. The third kappa shape index (κ3) is 5.90. The van der Waals surface area contributed by atoms with Crippen LogP contribution < -0.4 is 0 Å². The van der Waals surface area contributed by atoms with Gasteiger partial charge in [0.25, 0.3) is 11.8 Å². The number of amides is 3. The number of hydrogen-bond donors (Lipinski definition) is 0. The second kappa shape index (κ2) is 11.5. The van der Waals surface area contributed by atoms with Gasteiger partial charge in [-0.3, -0.25) is 19.1 Å². The van der Waals surface area contributed by atoms with E-state index in [0.29, 0.717) is 58.2 Å². The summed E-state index contributed by atoms with van der Waals surface area (Å²) in [5.41, 5.74) is 1.77. The van der Waals surface area contributed by atoms with E-state index in [1.165, 1.54) is 0 Å². The number of rotatable bonds is 8. The van der Waals surface area contributed by atoms with Crippen LogP contribution in [0.1, 0.15) is 59.7 Å². The average Bonchev–Trinajstić information content (AvgIpc) is 3.26. The van der Waals surface area contributed by atoms with Gasteiger partial charge < -0.3 is 19.4 Å². The highest BCUT2D eigenvalue weighted by atomic mass is 16.5. The molecule has 4 rings (SSSR count).